The lowest BCUT2D eigenvalue weighted by atomic mass is 10.0. The second kappa shape index (κ2) is 11.2. The van der Waals surface area contributed by atoms with Crippen LogP contribution in [0.2, 0.25) is 0 Å². The van der Waals surface area contributed by atoms with Gasteiger partial charge in [0.15, 0.2) is 5.69 Å². The first-order valence-corrected chi connectivity index (χ1v) is 10.7. The predicted octanol–water partition coefficient (Wildman–Crippen LogP) is 5.67. The molecule has 2 atom stereocenters. The molecule has 0 radical (unpaired) electrons. The van der Waals surface area contributed by atoms with E-state index in [0.29, 0.717) is 6.42 Å². The molecule has 4 nitrogen and oxygen atoms in total. The number of hydrogen-bond donors (Lipinski definition) is 2. The van der Waals surface area contributed by atoms with Crippen molar-refractivity contribution in [2.45, 2.75) is 30.9 Å². The van der Waals surface area contributed by atoms with Crippen molar-refractivity contribution in [2.75, 3.05) is 20.3 Å². The molecule has 0 saturated carbocycles. The maximum Gasteiger partial charge on any atom is 0.433 e. The van der Waals surface area contributed by atoms with Gasteiger partial charge in [0, 0.05) is 30.8 Å². The number of pyridine rings is 1. The van der Waals surface area contributed by atoms with Crippen molar-refractivity contribution in [1.82, 2.24) is 10.3 Å². The molecule has 0 bridgehead atoms. The van der Waals surface area contributed by atoms with E-state index in [4.69, 9.17) is 4.74 Å². The SMILES string of the molecule is COC[C@H](Cc1ccccc1)NC[C@@H](O)c1ccc(-c2ccc(C(F)(F)F)cc2)nc1C(F)(F)F. The Balaban J connectivity index is 1.80. The van der Waals surface area contributed by atoms with Crippen LogP contribution >= 0.6 is 0 Å². The van der Waals surface area contributed by atoms with Gasteiger partial charge in [0.1, 0.15) is 0 Å². The molecule has 1 heterocycles. The lowest BCUT2D eigenvalue weighted by Crippen LogP contribution is -2.38. The van der Waals surface area contributed by atoms with Gasteiger partial charge in [0.25, 0.3) is 0 Å². The molecule has 0 spiro atoms. The zero-order valence-corrected chi connectivity index (χ0v) is 18.7. The fourth-order valence-electron chi connectivity index (χ4n) is 3.63. The highest BCUT2D eigenvalue weighted by atomic mass is 19.4. The summed E-state index contributed by atoms with van der Waals surface area (Å²) in [4.78, 5) is 3.64. The van der Waals surface area contributed by atoms with Crippen LogP contribution < -0.4 is 5.32 Å². The Kier molecular flexibility index (Phi) is 8.52. The van der Waals surface area contributed by atoms with Crippen molar-refractivity contribution in [3.8, 4) is 11.3 Å². The normalized spacial score (nSPS) is 14.1. The van der Waals surface area contributed by atoms with Crippen LogP contribution in [0.25, 0.3) is 11.3 Å². The average molecular weight is 498 g/mol. The molecule has 3 aromatic rings. The van der Waals surface area contributed by atoms with E-state index in [9.17, 15) is 31.4 Å². The summed E-state index contributed by atoms with van der Waals surface area (Å²) in [6.07, 6.45) is -10.4. The first-order valence-electron chi connectivity index (χ1n) is 10.7. The molecule has 0 aliphatic carbocycles. The van der Waals surface area contributed by atoms with Gasteiger partial charge in [-0.15, -0.1) is 0 Å². The number of alkyl halides is 6. The van der Waals surface area contributed by atoms with Gasteiger partial charge in [0.05, 0.1) is 24.0 Å². The van der Waals surface area contributed by atoms with Crippen molar-refractivity contribution in [3.63, 3.8) is 0 Å². The van der Waals surface area contributed by atoms with Crippen LogP contribution in [0.15, 0.2) is 66.7 Å². The number of hydrogen-bond acceptors (Lipinski definition) is 4. The molecule has 0 unspecified atom stereocenters. The average Bonchev–Trinajstić information content (AvgIpc) is 2.82. The summed E-state index contributed by atoms with van der Waals surface area (Å²) < 4.78 is 84.8. The molecule has 0 saturated heterocycles. The van der Waals surface area contributed by atoms with E-state index in [-0.39, 0.29) is 30.5 Å². The predicted molar refractivity (Wildman–Crippen MR) is 118 cm³/mol. The number of ether oxygens (including phenoxy) is 1. The van der Waals surface area contributed by atoms with Crippen molar-refractivity contribution < 1.29 is 36.2 Å². The van der Waals surface area contributed by atoms with Crippen LogP contribution in [0.4, 0.5) is 26.3 Å². The summed E-state index contributed by atoms with van der Waals surface area (Å²) in [7, 11) is 1.50. The largest absolute Gasteiger partial charge is 0.433 e. The van der Waals surface area contributed by atoms with Crippen LogP contribution in [0.5, 0.6) is 0 Å². The van der Waals surface area contributed by atoms with Gasteiger partial charge in [0.2, 0.25) is 0 Å². The molecule has 1 aromatic heterocycles. The van der Waals surface area contributed by atoms with Gasteiger partial charge >= 0.3 is 12.4 Å². The van der Waals surface area contributed by atoms with E-state index in [1.54, 1.807) is 0 Å². The standard InChI is InChI=1S/C25H24F6N2O2/c1-35-15-19(13-16-5-3-2-4-6-16)32-14-22(34)20-11-12-21(33-23(20)25(29,30)31)17-7-9-18(10-8-17)24(26,27)28/h2-12,19,22,32,34H,13-15H2,1H3/t19-,22+/m0/s1. The topological polar surface area (TPSA) is 54.4 Å². The summed E-state index contributed by atoms with van der Waals surface area (Å²) >= 11 is 0. The number of aliphatic hydroxyl groups excluding tert-OH is 1. The minimum atomic E-state index is -4.88. The number of methoxy groups -OCH3 is 1. The molecule has 3 rings (SSSR count). The van der Waals surface area contributed by atoms with Gasteiger partial charge in [-0.3, -0.25) is 0 Å². The third-order valence-corrected chi connectivity index (χ3v) is 5.35. The van der Waals surface area contributed by atoms with Crippen LogP contribution in [0.1, 0.15) is 28.5 Å². The highest BCUT2D eigenvalue weighted by molar-refractivity contribution is 5.60. The van der Waals surface area contributed by atoms with Crippen molar-refractivity contribution in [2.24, 2.45) is 0 Å². The molecule has 0 amide bonds. The molecule has 0 fully saturated rings. The van der Waals surface area contributed by atoms with Gasteiger partial charge in [-0.05, 0) is 30.2 Å². The Hall–Kier alpha value is -2.95. The summed E-state index contributed by atoms with van der Waals surface area (Å²) in [5.74, 6) is 0. The van der Waals surface area contributed by atoms with Crippen LogP contribution in [-0.2, 0) is 23.5 Å². The van der Waals surface area contributed by atoms with E-state index in [2.05, 4.69) is 10.3 Å². The number of aromatic nitrogens is 1. The molecule has 188 valence electrons. The van der Waals surface area contributed by atoms with E-state index in [1.807, 2.05) is 30.3 Å². The number of rotatable bonds is 9. The van der Waals surface area contributed by atoms with Gasteiger partial charge < -0.3 is 15.2 Å². The Morgan fingerprint density at radius 2 is 1.54 bits per heavy atom. The van der Waals surface area contributed by atoms with Crippen LogP contribution in [0.3, 0.4) is 0 Å². The second-order valence-corrected chi connectivity index (χ2v) is 7.97. The Bertz CT molecular complexity index is 1090. The Labute approximate surface area is 198 Å². The van der Waals surface area contributed by atoms with Gasteiger partial charge in [-0.1, -0.05) is 48.5 Å². The minimum Gasteiger partial charge on any atom is -0.387 e. The lowest BCUT2D eigenvalue weighted by Gasteiger charge is -2.22. The highest BCUT2D eigenvalue weighted by Gasteiger charge is 2.37. The maximum atomic E-state index is 13.8. The molecule has 2 aromatic carbocycles. The number of halogens is 6. The van der Waals surface area contributed by atoms with Crippen molar-refractivity contribution >= 4 is 0 Å². The fraction of sp³-hybridized carbons (Fsp3) is 0.320. The van der Waals surface area contributed by atoms with E-state index < -0.39 is 35.3 Å². The highest BCUT2D eigenvalue weighted by Crippen LogP contribution is 2.36. The Morgan fingerprint density at radius 3 is 2.11 bits per heavy atom. The van der Waals surface area contributed by atoms with E-state index >= 15 is 0 Å². The van der Waals surface area contributed by atoms with Crippen molar-refractivity contribution in [1.29, 1.82) is 0 Å². The first kappa shape index (κ1) is 26.7. The lowest BCUT2D eigenvalue weighted by molar-refractivity contribution is -0.142. The molecule has 0 aliphatic rings. The van der Waals surface area contributed by atoms with E-state index in [1.165, 1.54) is 13.2 Å². The van der Waals surface area contributed by atoms with E-state index in [0.717, 1.165) is 35.9 Å². The summed E-state index contributed by atoms with van der Waals surface area (Å²) in [6.45, 7) is 0.0874. The number of nitrogens with one attached hydrogen (secondary N) is 1. The first-order chi connectivity index (χ1) is 16.5. The smallest absolute Gasteiger partial charge is 0.387 e. The zero-order chi connectivity index (χ0) is 25.6. The second-order valence-electron chi connectivity index (χ2n) is 7.97. The third-order valence-electron chi connectivity index (χ3n) is 5.35. The molecule has 0 aliphatic heterocycles. The molecule has 2 N–H and O–H groups in total. The van der Waals surface area contributed by atoms with Gasteiger partial charge in [-0.25, -0.2) is 4.98 Å². The fourth-order valence-corrected chi connectivity index (χ4v) is 3.63. The molecule has 35 heavy (non-hydrogen) atoms. The Morgan fingerprint density at radius 1 is 0.886 bits per heavy atom. The third kappa shape index (κ3) is 7.27. The number of aliphatic hydroxyl groups is 1. The van der Waals surface area contributed by atoms with Crippen LogP contribution in [0, 0.1) is 0 Å². The minimum absolute atomic E-state index is 0.0886. The molecule has 10 heteroatoms. The zero-order valence-electron chi connectivity index (χ0n) is 18.7. The summed E-state index contributed by atoms with van der Waals surface area (Å²) in [5, 5.41) is 13.6. The summed E-state index contributed by atoms with van der Waals surface area (Å²) in [5.41, 5.74) is -1.72. The molecular formula is C25H24F6N2O2. The number of benzene rings is 2. The monoisotopic (exact) mass is 498 g/mol. The van der Waals surface area contributed by atoms with Gasteiger partial charge in [-0.2, -0.15) is 26.3 Å². The molecular weight excluding hydrogens is 474 g/mol. The summed E-state index contributed by atoms with van der Waals surface area (Å²) in [6, 6.07) is 15.2. The van der Waals surface area contributed by atoms with Crippen LogP contribution in [-0.4, -0.2) is 36.4 Å². The number of nitrogens with zero attached hydrogens (tertiary/aromatic N) is 1. The van der Waals surface area contributed by atoms with Crippen molar-refractivity contribution in [3.05, 3.63) is 89.1 Å². The quantitative estimate of drug-likeness (QED) is 0.374. The maximum absolute atomic E-state index is 13.8.